The molecule has 0 aromatic carbocycles. The summed E-state index contributed by atoms with van der Waals surface area (Å²) in [7, 11) is 0. The van der Waals surface area contributed by atoms with Gasteiger partial charge in [-0.1, -0.05) is 19.1 Å². The summed E-state index contributed by atoms with van der Waals surface area (Å²) in [6, 6.07) is 2.49. The van der Waals surface area contributed by atoms with Crippen LogP contribution in [0.3, 0.4) is 0 Å². The molecule has 6 nitrogen and oxygen atoms in total. The summed E-state index contributed by atoms with van der Waals surface area (Å²) in [6.45, 7) is 1.92. The highest BCUT2D eigenvalue weighted by atomic mass is 32.1. The number of thiocarbonyl (C=S) groups is 1. The Hall–Kier alpha value is -1.76. The average molecular weight is 254 g/mol. The summed E-state index contributed by atoms with van der Waals surface area (Å²) in [5.41, 5.74) is 5.23. The Morgan fingerprint density at radius 2 is 2.35 bits per heavy atom. The molecule has 7 heteroatoms. The molecular formula is C10H14N4O2S. The van der Waals surface area contributed by atoms with Crippen molar-refractivity contribution in [3.05, 3.63) is 28.2 Å². The predicted octanol–water partition coefficient (Wildman–Crippen LogP) is -0.0455. The second-order valence-electron chi connectivity index (χ2n) is 3.56. The van der Waals surface area contributed by atoms with Gasteiger partial charge in [-0.3, -0.25) is 9.59 Å². The number of nitrogens with two attached hydrogens (primary N) is 1. The fourth-order valence-electron chi connectivity index (χ4n) is 1.27. The van der Waals surface area contributed by atoms with Gasteiger partial charge in [-0.25, -0.2) is 5.10 Å². The molecule has 1 rings (SSSR count). The quantitative estimate of drug-likeness (QED) is 0.640. The predicted molar refractivity (Wildman–Crippen MR) is 67.8 cm³/mol. The summed E-state index contributed by atoms with van der Waals surface area (Å²) in [5.74, 6) is -0.357. The average Bonchev–Trinajstić information content (AvgIpc) is 2.28. The van der Waals surface area contributed by atoms with Crippen LogP contribution in [-0.4, -0.2) is 27.1 Å². The molecule has 0 radical (unpaired) electrons. The van der Waals surface area contributed by atoms with Crippen molar-refractivity contribution in [3.63, 3.8) is 0 Å². The third-order valence-electron chi connectivity index (χ3n) is 2.19. The zero-order chi connectivity index (χ0) is 12.8. The van der Waals surface area contributed by atoms with E-state index in [2.05, 4.69) is 15.5 Å². The van der Waals surface area contributed by atoms with E-state index in [-0.39, 0.29) is 23.2 Å². The minimum Gasteiger partial charge on any atom is -0.393 e. The van der Waals surface area contributed by atoms with Crippen LogP contribution in [0.2, 0.25) is 0 Å². The van der Waals surface area contributed by atoms with Crippen molar-refractivity contribution in [3.8, 4) is 0 Å². The fraction of sp³-hybridized carbons (Fsp3) is 0.400. The van der Waals surface area contributed by atoms with Crippen LogP contribution in [0.4, 0.5) is 0 Å². The molecule has 0 saturated carbocycles. The maximum atomic E-state index is 11.7. The third kappa shape index (κ3) is 4.31. The lowest BCUT2D eigenvalue weighted by Crippen LogP contribution is -2.37. The molecule has 1 aromatic heterocycles. The summed E-state index contributed by atoms with van der Waals surface area (Å²) < 4.78 is 0. The minimum atomic E-state index is -0.357. The van der Waals surface area contributed by atoms with Gasteiger partial charge in [-0.15, -0.1) is 0 Å². The second kappa shape index (κ2) is 6.09. The lowest BCUT2D eigenvalue weighted by atomic mass is 10.1. The first-order valence-corrected chi connectivity index (χ1v) is 5.58. The van der Waals surface area contributed by atoms with Gasteiger partial charge in [-0.05, 0) is 12.5 Å². The van der Waals surface area contributed by atoms with Gasteiger partial charge in [0.05, 0.1) is 4.99 Å². The van der Waals surface area contributed by atoms with Crippen molar-refractivity contribution in [1.29, 1.82) is 0 Å². The Bertz CT molecular complexity index is 451. The number of aromatic amines is 1. The van der Waals surface area contributed by atoms with E-state index in [0.29, 0.717) is 17.8 Å². The van der Waals surface area contributed by atoms with Crippen LogP contribution in [0.5, 0.6) is 0 Å². The van der Waals surface area contributed by atoms with Crippen LogP contribution in [0.1, 0.15) is 30.3 Å². The molecular weight excluding hydrogens is 240 g/mol. The van der Waals surface area contributed by atoms with E-state index >= 15 is 0 Å². The molecule has 0 aliphatic heterocycles. The summed E-state index contributed by atoms with van der Waals surface area (Å²) >= 11 is 4.79. The number of carbonyl (C=O) groups is 1. The SMILES string of the molecule is CCC(CC(N)=S)NC(=O)c1ccc(=O)[nH]n1. The zero-order valence-corrected chi connectivity index (χ0v) is 10.2. The summed E-state index contributed by atoms with van der Waals surface area (Å²) in [5, 5.41) is 8.57. The maximum absolute atomic E-state index is 11.7. The zero-order valence-electron chi connectivity index (χ0n) is 9.40. The number of carbonyl (C=O) groups excluding carboxylic acids is 1. The van der Waals surface area contributed by atoms with Crippen LogP contribution in [0.15, 0.2) is 16.9 Å². The summed E-state index contributed by atoms with van der Waals surface area (Å²) in [6.07, 6.45) is 1.16. The molecule has 17 heavy (non-hydrogen) atoms. The molecule has 1 aromatic rings. The number of nitrogens with one attached hydrogen (secondary N) is 2. The van der Waals surface area contributed by atoms with Gasteiger partial charge in [0, 0.05) is 18.5 Å². The topological polar surface area (TPSA) is 101 Å². The van der Waals surface area contributed by atoms with Crippen molar-refractivity contribution < 1.29 is 4.79 Å². The van der Waals surface area contributed by atoms with Crippen LogP contribution >= 0.6 is 12.2 Å². The molecule has 0 aliphatic carbocycles. The number of nitrogens with zero attached hydrogens (tertiary/aromatic N) is 1. The Labute approximate surface area is 104 Å². The normalized spacial score (nSPS) is 11.8. The van der Waals surface area contributed by atoms with Gasteiger partial charge in [0.2, 0.25) is 0 Å². The standard InChI is InChI=1S/C10H14N4O2S/c1-2-6(5-8(11)17)12-10(16)7-3-4-9(15)14-13-7/h3-4,6H,2,5H2,1H3,(H2,11,17)(H,12,16)(H,14,15). The maximum Gasteiger partial charge on any atom is 0.271 e. The van der Waals surface area contributed by atoms with E-state index in [0.717, 1.165) is 0 Å². The van der Waals surface area contributed by atoms with E-state index in [1.165, 1.54) is 12.1 Å². The Kier molecular flexibility index (Phi) is 4.77. The Morgan fingerprint density at radius 1 is 1.65 bits per heavy atom. The van der Waals surface area contributed by atoms with Crippen molar-refractivity contribution in [1.82, 2.24) is 15.5 Å². The lowest BCUT2D eigenvalue weighted by molar-refractivity contribution is 0.0931. The number of rotatable bonds is 5. The molecule has 0 fully saturated rings. The Morgan fingerprint density at radius 3 is 2.82 bits per heavy atom. The number of H-pyrrole nitrogens is 1. The molecule has 1 amide bonds. The van der Waals surface area contributed by atoms with E-state index < -0.39 is 0 Å². The fourth-order valence-corrected chi connectivity index (χ4v) is 1.47. The van der Waals surface area contributed by atoms with Crippen LogP contribution < -0.4 is 16.6 Å². The first-order chi connectivity index (χ1) is 8.02. The molecule has 4 N–H and O–H groups in total. The van der Waals surface area contributed by atoms with E-state index in [9.17, 15) is 9.59 Å². The highest BCUT2D eigenvalue weighted by molar-refractivity contribution is 7.80. The minimum absolute atomic E-state index is 0.117. The van der Waals surface area contributed by atoms with E-state index in [4.69, 9.17) is 18.0 Å². The Balaban J connectivity index is 2.67. The first-order valence-electron chi connectivity index (χ1n) is 5.17. The number of aromatic nitrogens is 2. The van der Waals surface area contributed by atoms with Gasteiger partial charge in [0.1, 0.15) is 5.69 Å². The van der Waals surface area contributed by atoms with E-state index in [1.807, 2.05) is 6.92 Å². The first kappa shape index (κ1) is 13.3. The van der Waals surface area contributed by atoms with Gasteiger partial charge < -0.3 is 11.1 Å². The molecule has 92 valence electrons. The van der Waals surface area contributed by atoms with Crippen LogP contribution in [-0.2, 0) is 0 Å². The smallest absolute Gasteiger partial charge is 0.271 e. The van der Waals surface area contributed by atoms with Crippen molar-refractivity contribution in [2.45, 2.75) is 25.8 Å². The monoisotopic (exact) mass is 254 g/mol. The van der Waals surface area contributed by atoms with Crippen LogP contribution in [0.25, 0.3) is 0 Å². The molecule has 1 unspecified atom stereocenters. The van der Waals surface area contributed by atoms with Gasteiger partial charge >= 0.3 is 0 Å². The van der Waals surface area contributed by atoms with Gasteiger partial charge in [0.25, 0.3) is 11.5 Å². The van der Waals surface area contributed by atoms with Crippen LogP contribution in [0, 0.1) is 0 Å². The largest absolute Gasteiger partial charge is 0.393 e. The molecule has 0 spiro atoms. The lowest BCUT2D eigenvalue weighted by Gasteiger charge is -2.15. The van der Waals surface area contributed by atoms with E-state index in [1.54, 1.807) is 0 Å². The van der Waals surface area contributed by atoms with Crippen molar-refractivity contribution in [2.75, 3.05) is 0 Å². The van der Waals surface area contributed by atoms with Crippen molar-refractivity contribution in [2.24, 2.45) is 5.73 Å². The number of amides is 1. The van der Waals surface area contributed by atoms with Gasteiger partial charge in [0.15, 0.2) is 0 Å². The molecule has 0 saturated heterocycles. The second-order valence-corrected chi connectivity index (χ2v) is 4.08. The van der Waals surface area contributed by atoms with Crippen molar-refractivity contribution >= 4 is 23.1 Å². The number of hydrogen-bond acceptors (Lipinski definition) is 4. The number of hydrogen-bond donors (Lipinski definition) is 3. The molecule has 1 heterocycles. The highest BCUT2D eigenvalue weighted by Gasteiger charge is 2.14. The third-order valence-corrected chi connectivity index (χ3v) is 2.35. The molecule has 1 atom stereocenters. The van der Waals surface area contributed by atoms with Gasteiger partial charge in [-0.2, -0.15) is 5.10 Å². The summed E-state index contributed by atoms with van der Waals surface area (Å²) in [4.78, 5) is 22.9. The molecule has 0 bridgehead atoms. The molecule has 0 aliphatic rings. The highest BCUT2D eigenvalue weighted by Crippen LogP contribution is 2.00.